The van der Waals surface area contributed by atoms with Gasteiger partial charge in [0.05, 0.1) is 0 Å². The topological polar surface area (TPSA) is 38.0 Å². The maximum Gasteiger partial charge on any atom is 0.0161 e. The second-order valence-electron chi connectivity index (χ2n) is 4.69. The van der Waals surface area contributed by atoms with E-state index in [9.17, 15) is 0 Å². The van der Waals surface area contributed by atoms with Gasteiger partial charge in [0.25, 0.3) is 0 Å². The molecule has 0 aliphatic rings. The molecule has 0 aromatic carbocycles. The Hall–Kier alpha value is -0.0800. The Labute approximate surface area is 89.6 Å². The van der Waals surface area contributed by atoms with Gasteiger partial charge in [-0.05, 0) is 25.8 Å². The highest BCUT2D eigenvalue weighted by Crippen LogP contribution is 2.08. The molecule has 0 radical (unpaired) electrons. The average Bonchev–Trinajstić information content (AvgIpc) is 2.15. The third kappa shape index (κ3) is 10.0. The molecule has 3 N–H and O–H groups in total. The van der Waals surface area contributed by atoms with E-state index in [1.807, 2.05) is 0 Å². The minimum atomic E-state index is 0.477. The third-order valence-corrected chi connectivity index (χ3v) is 2.55. The lowest BCUT2D eigenvalue weighted by molar-refractivity contribution is 0.495. The monoisotopic (exact) mass is 200 g/mol. The van der Waals surface area contributed by atoms with Crippen LogP contribution in [0.3, 0.4) is 0 Å². The fourth-order valence-corrected chi connectivity index (χ4v) is 1.46. The summed E-state index contributed by atoms with van der Waals surface area (Å²) in [7, 11) is 0. The molecular weight excluding hydrogens is 172 g/mol. The van der Waals surface area contributed by atoms with Crippen molar-refractivity contribution in [1.29, 1.82) is 0 Å². The highest BCUT2D eigenvalue weighted by atomic mass is 14.9. The van der Waals surface area contributed by atoms with Crippen LogP contribution in [0.15, 0.2) is 0 Å². The minimum Gasteiger partial charge on any atom is -0.329 e. The third-order valence-electron chi connectivity index (χ3n) is 2.55. The lowest BCUT2D eigenvalue weighted by Gasteiger charge is -2.10. The number of nitrogens with two attached hydrogens (primary N) is 1. The van der Waals surface area contributed by atoms with E-state index < -0.39 is 0 Å². The molecule has 1 unspecified atom stereocenters. The van der Waals surface area contributed by atoms with E-state index in [2.05, 4.69) is 26.1 Å². The molecular formula is C12H28N2. The molecule has 86 valence electrons. The van der Waals surface area contributed by atoms with Crippen LogP contribution in [-0.2, 0) is 0 Å². The summed E-state index contributed by atoms with van der Waals surface area (Å²) in [4.78, 5) is 0. The van der Waals surface area contributed by atoms with Crippen molar-refractivity contribution in [2.24, 2.45) is 11.7 Å². The van der Waals surface area contributed by atoms with Crippen molar-refractivity contribution >= 4 is 0 Å². The summed E-state index contributed by atoms with van der Waals surface area (Å²) in [6.45, 7) is 8.60. The van der Waals surface area contributed by atoms with Crippen LogP contribution >= 0.6 is 0 Å². The summed E-state index contributed by atoms with van der Waals surface area (Å²) in [5.74, 6) is 0.866. The molecule has 0 aliphatic heterocycles. The van der Waals surface area contributed by atoms with Gasteiger partial charge in [-0.2, -0.15) is 0 Å². The number of unbranched alkanes of at least 4 members (excludes halogenated alkanes) is 3. The van der Waals surface area contributed by atoms with Crippen LogP contribution in [-0.4, -0.2) is 19.1 Å². The summed E-state index contributed by atoms with van der Waals surface area (Å²) < 4.78 is 0. The Balaban J connectivity index is 2.99. The SMILES string of the molecule is CC(C)CCCCCCNC(C)CN. The molecule has 2 nitrogen and oxygen atoms in total. The average molecular weight is 200 g/mol. The lowest BCUT2D eigenvalue weighted by Crippen LogP contribution is -2.33. The molecule has 0 rings (SSSR count). The fourth-order valence-electron chi connectivity index (χ4n) is 1.46. The van der Waals surface area contributed by atoms with Gasteiger partial charge < -0.3 is 11.1 Å². The van der Waals surface area contributed by atoms with E-state index in [1.165, 1.54) is 32.1 Å². The lowest BCUT2D eigenvalue weighted by atomic mass is 10.0. The van der Waals surface area contributed by atoms with Crippen LogP contribution in [0.25, 0.3) is 0 Å². The molecule has 0 fully saturated rings. The normalized spacial score (nSPS) is 13.5. The Morgan fingerprint density at radius 1 is 1.00 bits per heavy atom. The molecule has 0 heterocycles. The van der Waals surface area contributed by atoms with E-state index >= 15 is 0 Å². The first-order valence-corrected chi connectivity index (χ1v) is 6.10. The van der Waals surface area contributed by atoms with Gasteiger partial charge in [0.2, 0.25) is 0 Å². The molecule has 0 bridgehead atoms. The first-order chi connectivity index (χ1) is 6.66. The van der Waals surface area contributed by atoms with E-state index in [4.69, 9.17) is 5.73 Å². The first-order valence-electron chi connectivity index (χ1n) is 6.10. The largest absolute Gasteiger partial charge is 0.329 e. The summed E-state index contributed by atoms with van der Waals surface area (Å²) in [6.07, 6.45) is 6.81. The van der Waals surface area contributed by atoms with E-state index in [-0.39, 0.29) is 0 Å². The van der Waals surface area contributed by atoms with E-state index in [0.717, 1.165) is 19.0 Å². The van der Waals surface area contributed by atoms with Crippen molar-refractivity contribution in [2.75, 3.05) is 13.1 Å². The smallest absolute Gasteiger partial charge is 0.0161 e. The van der Waals surface area contributed by atoms with Gasteiger partial charge >= 0.3 is 0 Å². The Kier molecular flexibility index (Phi) is 9.42. The van der Waals surface area contributed by atoms with Crippen LogP contribution in [0, 0.1) is 5.92 Å². The molecule has 0 saturated carbocycles. The van der Waals surface area contributed by atoms with Gasteiger partial charge in [0.15, 0.2) is 0 Å². The van der Waals surface area contributed by atoms with Crippen LogP contribution in [0.4, 0.5) is 0 Å². The predicted octanol–water partition coefficient (Wildman–Crippen LogP) is 2.53. The highest BCUT2D eigenvalue weighted by Gasteiger charge is 1.97. The maximum absolute atomic E-state index is 5.51. The fraction of sp³-hybridized carbons (Fsp3) is 1.00. The van der Waals surface area contributed by atoms with E-state index in [1.54, 1.807) is 0 Å². The Bertz CT molecular complexity index is 113. The zero-order chi connectivity index (χ0) is 10.8. The van der Waals surface area contributed by atoms with Gasteiger partial charge in [-0.3, -0.25) is 0 Å². The zero-order valence-corrected chi connectivity index (χ0v) is 10.2. The number of nitrogens with one attached hydrogen (secondary N) is 1. The van der Waals surface area contributed by atoms with Gasteiger partial charge in [-0.25, -0.2) is 0 Å². The molecule has 1 atom stereocenters. The predicted molar refractivity (Wildman–Crippen MR) is 64.4 cm³/mol. The van der Waals surface area contributed by atoms with Crippen molar-refractivity contribution in [3.05, 3.63) is 0 Å². The summed E-state index contributed by atoms with van der Waals surface area (Å²) in [5, 5.41) is 3.41. The molecule has 0 aromatic rings. The van der Waals surface area contributed by atoms with Crippen molar-refractivity contribution in [2.45, 2.75) is 58.9 Å². The van der Waals surface area contributed by atoms with Crippen molar-refractivity contribution in [1.82, 2.24) is 5.32 Å². The summed E-state index contributed by atoms with van der Waals surface area (Å²) >= 11 is 0. The second kappa shape index (κ2) is 9.47. The number of hydrogen-bond donors (Lipinski definition) is 2. The van der Waals surface area contributed by atoms with Gasteiger partial charge in [-0.1, -0.05) is 39.5 Å². The van der Waals surface area contributed by atoms with Crippen LogP contribution in [0.5, 0.6) is 0 Å². The second-order valence-corrected chi connectivity index (χ2v) is 4.69. The molecule has 0 saturated heterocycles. The van der Waals surface area contributed by atoms with Crippen LogP contribution in [0.1, 0.15) is 52.9 Å². The first kappa shape index (κ1) is 13.9. The van der Waals surface area contributed by atoms with Gasteiger partial charge in [0, 0.05) is 12.6 Å². The Morgan fingerprint density at radius 3 is 2.21 bits per heavy atom. The number of hydrogen-bond acceptors (Lipinski definition) is 2. The highest BCUT2D eigenvalue weighted by molar-refractivity contribution is 4.60. The van der Waals surface area contributed by atoms with Crippen LogP contribution in [0.2, 0.25) is 0 Å². The summed E-state index contributed by atoms with van der Waals surface area (Å²) in [6, 6.07) is 0.477. The van der Waals surface area contributed by atoms with E-state index in [0.29, 0.717) is 6.04 Å². The minimum absolute atomic E-state index is 0.477. The molecule has 0 aliphatic carbocycles. The zero-order valence-electron chi connectivity index (χ0n) is 10.2. The van der Waals surface area contributed by atoms with Crippen molar-refractivity contribution in [3.8, 4) is 0 Å². The van der Waals surface area contributed by atoms with Crippen molar-refractivity contribution in [3.63, 3.8) is 0 Å². The van der Waals surface area contributed by atoms with Crippen molar-refractivity contribution < 1.29 is 0 Å². The Morgan fingerprint density at radius 2 is 1.64 bits per heavy atom. The molecule has 0 spiro atoms. The molecule has 0 amide bonds. The quantitative estimate of drug-likeness (QED) is 0.561. The van der Waals surface area contributed by atoms with Crippen LogP contribution < -0.4 is 11.1 Å². The standard InChI is InChI=1S/C12H28N2/c1-11(2)8-6-4-5-7-9-14-12(3)10-13/h11-12,14H,4-10,13H2,1-3H3. The molecule has 0 aromatic heterocycles. The molecule has 14 heavy (non-hydrogen) atoms. The summed E-state index contributed by atoms with van der Waals surface area (Å²) in [5.41, 5.74) is 5.51. The van der Waals surface area contributed by atoms with Gasteiger partial charge in [-0.15, -0.1) is 0 Å². The maximum atomic E-state index is 5.51. The molecule has 2 heteroatoms. The number of rotatable bonds is 9. The van der Waals surface area contributed by atoms with Gasteiger partial charge in [0.1, 0.15) is 0 Å².